The summed E-state index contributed by atoms with van der Waals surface area (Å²) in [5.74, 6) is -0.356. The molecule has 3 rings (SSSR count). The summed E-state index contributed by atoms with van der Waals surface area (Å²) < 4.78 is 33.5. The lowest BCUT2D eigenvalue weighted by Gasteiger charge is -2.29. The fraction of sp³-hybridized carbons (Fsp3) is 0.321. The van der Waals surface area contributed by atoms with Crippen molar-refractivity contribution < 1.29 is 28.2 Å². The van der Waals surface area contributed by atoms with Gasteiger partial charge in [0.25, 0.3) is 0 Å². The molecule has 0 aromatic heterocycles. The number of aliphatic hydroxyl groups excluding tert-OH is 1. The monoisotopic (exact) mass is 541 g/mol. The van der Waals surface area contributed by atoms with Gasteiger partial charge in [-0.15, -0.1) is 0 Å². The molecule has 0 spiro atoms. The van der Waals surface area contributed by atoms with Gasteiger partial charge in [-0.25, -0.2) is 13.2 Å². The highest BCUT2D eigenvalue weighted by Crippen LogP contribution is 2.29. The number of nitrogens with two attached hydrogens (primary N) is 1. The first-order valence-corrected chi connectivity index (χ1v) is 13.8. The van der Waals surface area contributed by atoms with Crippen LogP contribution in [-0.2, 0) is 27.8 Å². The lowest BCUT2D eigenvalue weighted by atomic mass is 10.0. The molecule has 0 aliphatic rings. The predicted molar refractivity (Wildman–Crippen MR) is 146 cm³/mol. The molecule has 3 aromatic rings. The molecule has 0 unspecified atom stereocenters. The molecule has 0 fully saturated rings. The number of sulfonamides is 1. The molecule has 3 aromatic carbocycles. The van der Waals surface area contributed by atoms with Crippen molar-refractivity contribution in [1.29, 1.82) is 0 Å². The van der Waals surface area contributed by atoms with Crippen LogP contribution in [0.3, 0.4) is 0 Å². The maximum atomic E-state index is 13.6. The lowest BCUT2D eigenvalue weighted by Crippen LogP contribution is -2.47. The zero-order chi connectivity index (χ0) is 27.7. The number of nitrogens with zero attached hydrogens (tertiary/aromatic N) is 1. The average molecular weight is 542 g/mol. The predicted octanol–water partition coefficient (Wildman–Crippen LogP) is 3.72. The fourth-order valence-corrected chi connectivity index (χ4v) is 5.49. The maximum Gasteiger partial charge on any atom is 0.412 e. The summed E-state index contributed by atoms with van der Waals surface area (Å²) in [7, 11) is -4.11. The van der Waals surface area contributed by atoms with E-state index in [9.17, 15) is 23.4 Å². The van der Waals surface area contributed by atoms with Crippen molar-refractivity contribution in [2.24, 2.45) is 11.7 Å². The smallest absolute Gasteiger partial charge is 0.412 e. The van der Waals surface area contributed by atoms with Crippen molar-refractivity contribution in [1.82, 2.24) is 4.31 Å². The Balaban J connectivity index is 1.74. The van der Waals surface area contributed by atoms with Gasteiger partial charge >= 0.3 is 6.09 Å². The van der Waals surface area contributed by atoms with Gasteiger partial charge in [0.1, 0.15) is 12.4 Å². The van der Waals surface area contributed by atoms with Gasteiger partial charge in [-0.2, -0.15) is 4.31 Å². The molecule has 0 saturated heterocycles. The second kappa shape index (κ2) is 13.4. The van der Waals surface area contributed by atoms with E-state index in [1.165, 1.54) is 16.4 Å². The molecule has 0 aliphatic heterocycles. The third kappa shape index (κ3) is 8.29. The van der Waals surface area contributed by atoms with Crippen LogP contribution in [0.4, 0.5) is 10.5 Å². The Morgan fingerprint density at radius 1 is 0.974 bits per heavy atom. The molecule has 0 radical (unpaired) electrons. The summed E-state index contributed by atoms with van der Waals surface area (Å²) in [4.78, 5) is 12.1. The first-order valence-electron chi connectivity index (χ1n) is 12.3. The Morgan fingerprint density at radius 2 is 1.58 bits per heavy atom. The molecule has 0 bridgehead atoms. The number of benzene rings is 3. The molecule has 5 N–H and O–H groups in total. The van der Waals surface area contributed by atoms with Crippen molar-refractivity contribution in [2.45, 2.75) is 43.9 Å². The van der Waals surface area contributed by atoms with E-state index in [0.29, 0.717) is 6.42 Å². The number of phenolic OH excluding ortho intramolecular Hbond substituents is 1. The SMILES string of the molecule is CC(C)CN(C[C@@H](O)[C@@H](N)Cc1ccccc1)S(=O)(=O)c1ccc(O)c(NC(=O)OCc2ccccc2)c1. The number of anilines is 1. The van der Waals surface area contributed by atoms with Gasteiger partial charge in [0.15, 0.2) is 0 Å². The van der Waals surface area contributed by atoms with Crippen LogP contribution >= 0.6 is 0 Å². The molecule has 1 amide bonds. The van der Waals surface area contributed by atoms with E-state index in [4.69, 9.17) is 10.5 Å². The number of carbonyl (C=O) groups excluding carboxylic acids is 1. The molecule has 2 atom stereocenters. The van der Waals surface area contributed by atoms with Crippen LogP contribution in [0.2, 0.25) is 0 Å². The Hall–Kier alpha value is -3.44. The maximum absolute atomic E-state index is 13.6. The molecule has 10 heteroatoms. The molecule has 0 saturated carbocycles. The molecule has 9 nitrogen and oxygen atoms in total. The minimum atomic E-state index is -4.11. The van der Waals surface area contributed by atoms with Gasteiger partial charge in [0.2, 0.25) is 10.0 Å². The third-order valence-corrected chi connectivity index (χ3v) is 7.65. The lowest BCUT2D eigenvalue weighted by molar-refractivity contribution is 0.116. The van der Waals surface area contributed by atoms with Crippen LogP contribution in [0, 0.1) is 5.92 Å². The fourth-order valence-electron chi connectivity index (χ4n) is 3.84. The Bertz CT molecular complexity index is 1290. The normalized spacial score (nSPS) is 13.3. The number of nitrogens with one attached hydrogen (secondary N) is 1. The number of ether oxygens (including phenoxy) is 1. The first kappa shape index (κ1) is 29.1. The van der Waals surface area contributed by atoms with Crippen molar-refractivity contribution in [3.8, 4) is 5.75 Å². The highest BCUT2D eigenvalue weighted by Gasteiger charge is 2.30. The highest BCUT2D eigenvalue weighted by atomic mass is 32.2. The second-order valence-corrected chi connectivity index (χ2v) is 11.4. The number of aliphatic hydroxyl groups is 1. The average Bonchev–Trinajstić information content (AvgIpc) is 2.89. The Morgan fingerprint density at radius 3 is 2.18 bits per heavy atom. The van der Waals surface area contributed by atoms with E-state index in [1.807, 2.05) is 62.4 Å². The summed E-state index contributed by atoms with van der Waals surface area (Å²) >= 11 is 0. The summed E-state index contributed by atoms with van der Waals surface area (Å²) in [6.45, 7) is 3.67. The zero-order valence-corrected chi connectivity index (χ0v) is 22.3. The molecule has 204 valence electrons. The largest absolute Gasteiger partial charge is 0.506 e. The minimum Gasteiger partial charge on any atom is -0.506 e. The Kier molecular flexibility index (Phi) is 10.3. The molecule has 0 heterocycles. The summed E-state index contributed by atoms with van der Waals surface area (Å²) in [5, 5.41) is 23.4. The molecular formula is C28H35N3O6S. The van der Waals surface area contributed by atoms with Gasteiger partial charge in [-0.1, -0.05) is 74.5 Å². The zero-order valence-electron chi connectivity index (χ0n) is 21.5. The minimum absolute atomic E-state index is 0.00865. The van der Waals surface area contributed by atoms with E-state index in [2.05, 4.69) is 5.32 Å². The van der Waals surface area contributed by atoms with Gasteiger partial charge in [-0.05, 0) is 41.7 Å². The van der Waals surface area contributed by atoms with E-state index in [-0.39, 0.29) is 41.9 Å². The van der Waals surface area contributed by atoms with Crippen molar-refractivity contribution in [3.63, 3.8) is 0 Å². The number of carbonyl (C=O) groups is 1. The number of aromatic hydroxyl groups is 1. The topological polar surface area (TPSA) is 142 Å². The van der Waals surface area contributed by atoms with Gasteiger partial charge < -0.3 is 20.7 Å². The number of hydrogen-bond acceptors (Lipinski definition) is 7. The van der Waals surface area contributed by atoms with Crippen molar-refractivity contribution >= 4 is 21.8 Å². The number of amides is 1. The van der Waals surface area contributed by atoms with Crippen LogP contribution < -0.4 is 11.1 Å². The second-order valence-electron chi connectivity index (χ2n) is 9.50. The van der Waals surface area contributed by atoms with Crippen LogP contribution in [0.1, 0.15) is 25.0 Å². The van der Waals surface area contributed by atoms with Gasteiger partial charge in [0, 0.05) is 19.1 Å². The van der Waals surface area contributed by atoms with Crippen LogP contribution in [0.5, 0.6) is 5.75 Å². The van der Waals surface area contributed by atoms with Crippen molar-refractivity contribution in [3.05, 3.63) is 90.0 Å². The summed E-state index contributed by atoms with van der Waals surface area (Å²) in [5.41, 5.74) is 7.81. The third-order valence-electron chi connectivity index (χ3n) is 5.82. The van der Waals surface area contributed by atoms with Gasteiger partial charge in [0.05, 0.1) is 16.7 Å². The van der Waals surface area contributed by atoms with Crippen molar-refractivity contribution in [2.75, 3.05) is 18.4 Å². The van der Waals surface area contributed by atoms with E-state index in [0.717, 1.165) is 17.2 Å². The molecule has 0 aliphatic carbocycles. The van der Waals surface area contributed by atoms with Crippen LogP contribution in [0.15, 0.2) is 83.8 Å². The number of hydrogen-bond donors (Lipinski definition) is 4. The quantitative estimate of drug-likeness (QED) is 0.256. The highest BCUT2D eigenvalue weighted by molar-refractivity contribution is 7.89. The standard InChI is InChI=1S/C28H35N3O6S/c1-20(2)17-31(18-27(33)24(29)15-21-9-5-3-6-10-21)38(35,36)23-13-14-26(32)25(16-23)30-28(34)37-19-22-11-7-4-8-12-22/h3-14,16,20,24,27,32-33H,15,17-19,29H2,1-2H3,(H,30,34)/t24-,27+/m0/s1. The van der Waals surface area contributed by atoms with Crippen LogP contribution in [0.25, 0.3) is 0 Å². The number of rotatable bonds is 12. The summed E-state index contributed by atoms with van der Waals surface area (Å²) in [6, 6.07) is 21.4. The van der Waals surface area contributed by atoms with E-state index >= 15 is 0 Å². The number of phenols is 1. The van der Waals surface area contributed by atoms with Crippen LogP contribution in [-0.4, -0.2) is 54.3 Å². The van der Waals surface area contributed by atoms with Gasteiger partial charge in [-0.3, -0.25) is 5.32 Å². The Labute approximate surface area is 223 Å². The van der Waals surface area contributed by atoms with E-state index in [1.54, 1.807) is 12.1 Å². The first-order chi connectivity index (χ1) is 18.1. The summed E-state index contributed by atoms with van der Waals surface area (Å²) in [6.07, 6.45) is -1.58. The molecular weight excluding hydrogens is 506 g/mol. The van der Waals surface area contributed by atoms with E-state index < -0.39 is 28.3 Å². The molecule has 38 heavy (non-hydrogen) atoms.